The Hall–Kier alpha value is -2.63. The molecule has 1 aliphatic rings. The molecule has 0 N–H and O–H groups in total. The largest absolute Gasteiger partial charge is 0.429 e. The molecule has 1 aliphatic carbocycles. The van der Waals surface area contributed by atoms with E-state index in [1.54, 1.807) is 6.07 Å². The molecule has 6 heteroatoms. The fourth-order valence-corrected chi connectivity index (χ4v) is 5.64. The molecule has 0 bridgehead atoms. The number of hydrogen-bond donors (Lipinski definition) is 0. The molecule has 1 fully saturated rings. The number of ether oxygens (including phenoxy) is 1. The number of fused-ring (bicyclic) bond motifs is 1. The van der Waals surface area contributed by atoms with Gasteiger partial charge in [0.05, 0.1) is 0 Å². The highest BCUT2D eigenvalue weighted by atomic mass is 19.3. The molecule has 0 saturated heterocycles. The lowest BCUT2D eigenvalue weighted by Crippen LogP contribution is -2.15. The van der Waals surface area contributed by atoms with E-state index in [2.05, 4.69) is 17.7 Å². The van der Waals surface area contributed by atoms with Crippen LogP contribution in [0.25, 0.3) is 10.8 Å². The standard InChI is InChI=1S/C31H35F5O/c1-2-3-4-20-5-7-21(8-6-20)9-10-22-12-16-26-25(17-22)15-14-24(29(26)34)13-11-23-18-27(32)30(28(33)19-23)37-31(35)36/h12,14-21,31H,2-11,13H2,1H3. The van der Waals surface area contributed by atoms with Crippen molar-refractivity contribution in [2.45, 2.75) is 84.2 Å². The van der Waals surface area contributed by atoms with Gasteiger partial charge in [-0.3, -0.25) is 0 Å². The topological polar surface area (TPSA) is 9.23 Å². The first kappa shape index (κ1) is 27.4. The van der Waals surface area contributed by atoms with Crippen molar-refractivity contribution in [3.8, 4) is 5.75 Å². The zero-order valence-corrected chi connectivity index (χ0v) is 21.3. The molecule has 1 nitrogen and oxygen atoms in total. The molecule has 0 aliphatic heterocycles. The van der Waals surface area contributed by atoms with E-state index in [9.17, 15) is 17.6 Å². The van der Waals surface area contributed by atoms with Gasteiger partial charge in [-0.15, -0.1) is 0 Å². The van der Waals surface area contributed by atoms with E-state index in [-0.39, 0.29) is 24.2 Å². The van der Waals surface area contributed by atoms with Gasteiger partial charge >= 0.3 is 6.61 Å². The third-order valence-corrected chi connectivity index (χ3v) is 7.82. The summed E-state index contributed by atoms with van der Waals surface area (Å²) in [7, 11) is 0. The summed E-state index contributed by atoms with van der Waals surface area (Å²) in [5.74, 6) is -2.17. The lowest BCUT2D eigenvalue weighted by Gasteiger charge is -2.28. The lowest BCUT2D eigenvalue weighted by molar-refractivity contribution is -0.0546. The van der Waals surface area contributed by atoms with Gasteiger partial charge in [0.2, 0.25) is 0 Å². The molecule has 4 rings (SSSR count). The Kier molecular flexibility index (Phi) is 9.44. The van der Waals surface area contributed by atoms with Crippen LogP contribution in [0, 0.1) is 29.3 Å². The molecule has 0 amide bonds. The van der Waals surface area contributed by atoms with Gasteiger partial charge in [0.15, 0.2) is 17.4 Å². The van der Waals surface area contributed by atoms with Crippen LogP contribution in [0.4, 0.5) is 22.0 Å². The minimum Gasteiger partial charge on any atom is -0.429 e. The summed E-state index contributed by atoms with van der Waals surface area (Å²) in [6.45, 7) is -1.07. The molecule has 3 aromatic carbocycles. The summed E-state index contributed by atoms with van der Waals surface area (Å²) in [5, 5.41) is 1.36. The van der Waals surface area contributed by atoms with Crippen molar-refractivity contribution in [1.82, 2.24) is 0 Å². The highest BCUT2D eigenvalue weighted by Crippen LogP contribution is 2.34. The first-order chi connectivity index (χ1) is 17.8. The lowest BCUT2D eigenvalue weighted by atomic mass is 9.78. The minimum atomic E-state index is -3.32. The molecule has 0 atom stereocenters. The number of unbranched alkanes of at least 4 members (excludes halogenated alkanes) is 1. The predicted octanol–water partition coefficient (Wildman–Crippen LogP) is 9.57. The fraction of sp³-hybridized carbons (Fsp3) is 0.484. The zero-order valence-electron chi connectivity index (χ0n) is 21.3. The highest BCUT2D eigenvalue weighted by Gasteiger charge is 2.21. The van der Waals surface area contributed by atoms with Crippen LogP contribution in [0.15, 0.2) is 42.5 Å². The van der Waals surface area contributed by atoms with Gasteiger partial charge in [0.1, 0.15) is 5.82 Å². The number of halogens is 5. The Bertz CT molecular complexity index is 1160. The minimum absolute atomic E-state index is 0.157. The van der Waals surface area contributed by atoms with E-state index in [1.165, 1.54) is 56.9 Å². The highest BCUT2D eigenvalue weighted by molar-refractivity contribution is 5.84. The maximum atomic E-state index is 15.2. The summed E-state index contributed by atoms with van der Waals surface area (Å²) in [6.07, 6.45) is 11.9. The number of rotatable bonds is 11. The molecule has 0 unspecified atom stereocenters. The molecule has 0 spiro atoms. The second-order valence-corrected chi connectivity index (χ2v) is 10.4. The quantitative estimate of drug-likeness (QED) is 0.230. The summed E-state index contributed by atoms with van der Waals surface area (Å²) in [5.41, 5.74) is 1.89. The Morgan fingerprint density at radius 3 is 2.11 bits per heavy atom. The number of hydrogen-bond acceptors (Lipinski definition) is 1. The Morgan fingerprint density at radius 2 is 1.46 bits per heavy atom. The van der Waals surface area contributed by atoms with Gasteiger partial charge in [-0.25, -0.2) is 13.2 Å². The Labute approximate surface area is 216 Å². The van der Waals surface area contributed by atoms with Crippen molar-refractivity contribution in [1.29, 1.82) is 0 Å². The van der Waals surface area contributed by atoms with Crippen molar-refractivity contribution in [3.05, 3.63) is 76.6 Å². The van der Waals surface area contributed by atoms with E-state index in [1.807, 2.05) is 18.2 Å². The van der Waals surface area contributed by atoms with Crippen LogP contribution in [0.1, 0.15) is 75.0 Å². The van der Waals surface area contributed by atoms with Crippen LogP contribution >= 0.6 is 0 Å². The van der Waals surface area contributed by atoms with Gasteiger partial charge < -0.3 is 4.74 Å². The van der Waals surface area contributed by atoms with Crippen LogP contribution in [0.2, 0.25) is 0 Å². The molecule has 0 aromatic heterocycles. The maximum Gasteiger partial charge on any atom is 0.387 e. The smallest absolute Gasteiger partial charge is 0.387 e. The monoisotopic (exact) mass is 518 g/mol. The van der Waals surface area contributed by atoms with Gasteiger partial charge in [-0.05, 0) is 71.7 Å². The van der Waals surface area contributed by atoms with Crippen LogP contribution in [0.5, 0.6) is 5.75 Å². The average Bonchev–Trinajstić information content (AvgIpc) is 2.88. The Balaban J connectivity index is 1.35. The third-order valence-electron chi connectivity index (χ3n) is 7.82. The molecular formula is C31H35F5O. The number of benzene rings is 3. The maximum absolute atomic E-state index is 15.2. The molecule has 3 aromatic rings. The van der Waals surface area contributed by atoms with E-state index in [0.717, 1.165) is 35.8 Å². The van der Waals surface area contributed by atoms with Gasteiger partial charge in [0, 0.05) is 5.39 Å². The zero-order chi connectivity index (χ0) is 26.4. The van der Waals surface area contributed by atoms with Crippen LogP contribution in [0.3, 0.4) is 0 Å². The summed E-state index contributed by atoms with van der Waals surface area (Å²) >= 11 is 0. The molecular weight excluding hydrogens is 483 g/mol. The van der Waals surface area contributed by atoms with Crippen molar-refractivity contribution >= 4 is 10.8 Å². The third kappa shape index (κ3) is 7.24. The summed E-state index contributed by atoms with van der Waals surface area (Å²) in [6, 6.07) is 11.4. The van der Waals surface area contributed by atoms with E-state index >= 15 is 4.39 Å². The molecule has 0 heterocycles. The summed E-state index contributed by atoms with van der Waals surface area (Å²) in [4.78, 5) is 0. The van der Waals surface area contributed by atoms with Crippen molar-refractivity contribution in [3.63, 3.8) is 0 Å². The number of alkyl halides is 2. The predicted molar refractivity (Wildman–Crippen MR) is 138 cm³/mol. The Morgan fingerprint density at radius 1 is 0.784 bits per heavy atom. The van der Waals surface area contributed by atoms with E-state index < -0.39 is 24.0 Å². The second-order valence-electron chi connectivity index (χ2n) is 10.4. The van der Waals surface area contributed by atoms with E-state index in [4.69, 9.17) is 0 Å². The summed E-state index contributed by atoms with van der Waals surface area (Å²) < 4.78 is 71.8. The van der Waals surface area contributed by atoms with Gasteiger partial charge in [-0.1, -0.05) is 82.2 Å². The molecule has 1 saturated carbocycles. The second kappa shape index (κ2) is 12.7. The van der Waals surface area contributed by atoms with Crippen LogP contribution in [-0.4, -0.2) is 6.61 Å². The van der Waals surface area contributed by atoms with Crippen molar-refractivity contribution < 1.29 is 26.7 Å². The van der Waals surface area contributed by atoms with Crippen molar-refractivity contribution in [2.24, 2.45) is 11.8 Å². The SMILES string of the molecule is CCCCC1CCC(CCc2ccc3c(F)c(CCc4cc(F)c(OC(F)F)c(F)c4)ccc3c2)CC1. The average molecular weight is 519 g/mol. The molecule has 37 heavy (non-hydrogen) atoms. The fourth-order valence-electron chi connectivity index (χ4n) is 5.64. The molecule has 0 radical (unpaired) electrons. The normalized spacial score (nSPS) is 18.0. The first-order valence-electron chi connectivity index (χ1n) is 13.5. The molecule has 200 valence electrons. The van der Waals surface area contributed by atoms with Crippen LogP contribution in [-0.2, 0) is 19.3 Å². The van der Waals surface area contributed by atoms with E-state index in [0.29, 0.717) is 10.9 Å². The van der Waals surface area contributed by atoms with Crippen LogP contribution < -0.4 is 4.74 Å². The van der Waals surface area contributed by atoms with Gasteiger partial charge in [0.25, 0.3) is 0 Å². The number of aryl methyl sites for hydroxylation is 3. The van der Waals surface area contributed by atoms with Gasteiger partial charge in [-0.2, -0.15) is 8.78 Å². The van der Waals surface area contributed by atoms with Crippen molar-refractivity contribution in [2.75, 3.05) is 0 Å². The first-order valence-corrected chi connectivity index (χ1v) is 13.5.